The van der Waals surface area contributed by atoms with E-state index in [2.05, 4.69) is 166 Å². The predicted octanol–water partition coefficient (Wildman–Crippen LogP) is 12.8. The smallest absolute Gasteiger partial charge is 0.0963 e. The van der Waals surface area contributed by atoms with Crippen LogP contribution in [0.3, 0.4) is 0 Å². The Balaban J connectivity index is 1.09. The van der Waals surface area contributed by atoms with E-state index >= 15 is 0 Å². The van der Waals surface area contributed by atoms with E-state index < -0.39 is 0 Å². The third kappa shape index (κ3) is 6.19. The maximum atomic E-state index is 4.94. The summed E-state index contributed by atoms with van der Waals surface area (Å²) in [6, 6.07) is 61.5. The summed E-state index contributed by atoms with van der Waals surface area (Å²) in [5, 5.41) is 1.09. The summed E-state index contributed by atoms with van der Waals surface area (Å²) in [5.74, 6) is 0. The maximum absolute atomic E-state index is 4.94. The highest BCUT2D eigenvalue weighted by Gasteiger charge is 2.20. The number of hydrogen-bond donors (Lipinski definition) is 0. The zero-order chi connectivity index (χ0) is 38.1. The number of aryl methyl sites for hydroxylation is 1. The molecule has 0 saturated carbocycles. The summed E-state index contributed by atoms with van der Waals surface area (Å²) in [7, 11) is 0. The molecule has 0 N–H and O–H groups in total. The van der Waals surface area contributed by atoms with E-state index in [1.807, 2.05) is 61.2 Å². The molecule has 0 aliphatic rings. The third-order valence-corrected chi connectivity index (χ3v) is 10.6. The van der Waals surface area contributed by atoms with Crippen molar-refractivity contribution in [2.45, 2.75) is 6.92 Å². The van der Waals surface area contributed by atoms with E-state index in [9.17, 15) is 0 Å². The van der Waals surface area contributed by atoms with Gasteiger partial charge in [-0.2, -0.15) is 0 Å². The number of benzene rings is 5. The summed E-state index contributed by atoms with van der Waals surface area (Å²) in [4.78, 5) is 21.3. The van der Waals surface area contributed by atoms with E-state index in [-0.39, 0.29) is 0 Å². The van der Waals surface area contributed by atoms with Crippen molar-refractivity contribution in [2.75, 3.05) is 4.90 Å². The molecular weight excluding hydrogens is 697 g/mol. The molecule has 0 unspecified atom stereocenters. The molecule has 0 fully saturated rings. The van der Waals surface area contributed by atoms with Gasteiger partial charge in [0.25, 0.3) is 0 Å². The normalized spacial score (nSPS) is 11.2. The number of rotatable bonds is 8. The topological polar surface area (TPSA) is 59.7 Å². The van der Waals surface area contributed by atoms with Gasteiger partial charge in [-0.25, -0.2) is 0 Å². The Morgan fingerprint density at radius 3 is 1.72 bits per heavy atom. The van der Waals surface area contributed by atoms with Crippen LogP contribution in [-0.4, -0.2) is 24.5 Å². The molecule has 6 nitrogen and oxygen atoms in total. The monoisotopic (exact) mass is 732 g/mol. The summed E-state index contributed by atoms with van der Waals surface area (Å²) in [5.41, 5.74) is 16.7. The highest BCUT2D eigenvalue weighted by atomic mass is 15.2. The number of anilines is 3. The van der Waals surface area contributed by atoms with Crippen LogP contribution in [0.25, 0.3) is 72.4 Å². The first-order valence-electron chi connectivity index (χ1n) is 19.0. The molecule has 0 atom stereocenters. The van der Waals surface area contributed by atoms with Crippen molar-refractivity contribution in [2.24, 2.45) is 0 Å². The molecule has 10 rings (SSSR count). The first-order valence-corrected chi connectivity index (χ1v) is 19.0. The first-order chi connectivity index (χ1) is 28.2. The van der Waals surface area contributed by atoms with Gasteiger partial charge in [-0.05, 0) is 120 Å². The Morgan fingerprint density at radius 1 is 0.421 bits per heavy atom. The summed E-state index contributed by atoms with van der Waals surface area (Å²) in [6.45, 7) is 2.06. The molecule has 10 aromatic rings. The number of hydrogen-bond acceptors (Lipinski definition) is 5. The minimum atomic E-state index is 0.937. The molecule has 270 valence electrons. The molecule has 5 heterocycles. The minimum absolute atomic E-state index is 0.937. The largest absolute Gasteiger partial charge is 0.309 e. The molecule has 6 heteroatoms. The van der Waals surface area contributed by atoms with E-state index in [4.69, 9.17) is 9.97 Å². The van der Waals surface area contributed by atoms with Crippen molar-refractivity contribution in [3.63, 3.8) is 0 Å². The van der Waals surface area contributed by atoms with Gasteiger partial charge >= 0.3 is 0 Å². The molecular formula is C51H36N6. The molecule has 5 aromatic heterocycles. The van der Waals surface area contributed by atoms with Gasteiger partial charge in [-0.3, -0.25) is 19.9 Å². The van der Waals surface area contributed by atoms with Crippen molar-refractivity contribution in [3.05, 3.63) is 206 Å². The highest BCUT2D eigenvalue weighted by Crippen LogP contribution is 2.41. The van der Waals surface area contributed by atoms with Crippen LogP contribution in [0.5, 0.6) is 0 Å². The van der Waals surface area contributed by atoms with Gasteiger partial charge in [0.15, 0.2) is 0 Å². The Bertz CT molecular complexity index is 3030. The van der Waals surface area contributed by atoms with Crippen LogP contribution in [-0.2, 0) is 0 Å². The van der Waals surface area contributed by atoms with E-state index in [0.717, 1.165) is 95.1 Å². The second-order valence-electron chi connectivity index (χ2n) is 14.0. The van der Waals surface area contributed by atoms with Crippen molar-refractivity contribution in [1.29, 1.82) is 0 Å². The lowest BCUT2D eigenvalue weighted by Gasteiger charge is -2.27. The maximum Gasteiger partial charge on any atom is 0.0963 e. The van der Waals surface area contributed by atoms with Gasteiger partial charge in [-0.1, -0.05) is 84.9 Å². The van der Waals surface area contributed by atoms with E-state index in [1.54, 1.807) is 0 Å². The SMILES string of the molecule is Cc1ncccc1N(c1ccc(-c2ccccc2-c2ccccn2)cc1)c1cccc(-n2c3ccc(-c4ccccc4-c4ccccn4)cc3c3ncccc32)c1. The van der Waals surface area contributed by atoms with Crippen molar-refractivity contribution in [1.82, 2.24) is 24.5 Å². The molecule has 0 spiro atoms. The minimum Gasteiger partial charge on any atom is -0.309 e. The fourth-order valence-electron chi connectivity index (χ4n) is 7.94. The number of fused-ring (bicyclic) bond motifs is 3. The summed E-state index contributed by atoms with van der Waals surface area (Å²) < 4.78 is 2.32. The second kappa shape index (κ2) is 14.5. The van der Waals surface area contributed by atoms with Crippen molar-refractivity contribution >= 4 is 39.0 Å². The van der Waals surface area contributed by atoms with Crippen LogP contribution in [0, 0.1) is 6.92 Å². The Kier molecular flexibility index (Phi) is 8.61. The standard InChI is InChI=1S/C51H36N6/c1-35-48(21-11-31-52-35)56(38-26-23-36(24-27-38)41-15-2-4-17-43(41)46-19-6-8-29-53-46)39-13-10-14-40(34-39)57-49-28-25-37(33-45(49)51-50(57)22-12-32-55-51)42-16-3-5-18-44(42)47-20-7-9-30-54-47/h2-34H,1H3. The molecule has 0 radical (unpaired) electrons. The van der Waals surface area contributed by atoms with Crippen LogP contribution in [0.1, 0.15) is 5.69 Å². The van der Waals surface area contributed by atoms with Gasteiger partial charge in [0.2, 0.25) is 0 Å². The molecule has 5 aromatic carbocycles. The van der Waals surface area contributed by atoms with Crippen LogP contribution >= 0.6 is 0 Å². The molecule has 0 saturated heterocycles. The Morgan fingerprint density at radius 2 is 1.04 bits per heavy atom. The lowest BCUT2D eigenvalue weighted by atomic mass is 9.96. The van der Waals surface area contributed by atoms with Crippen LogP contribution in [0.15, 0.2) is 201 Å². The number of aromatic nitrogens is 5. The van der Waals surface area contributed by atoms with Crippen LogP contribution < -0.4 is 4.90 Å². The lowest BCUT2D eigenvalue weighted by molar-refractivity contribution is 1.14. The van der Waals surface area contributed by atoms with Crippen molar-refractivity contribution in [3.8, 4) is 50.5 Å². The average Bonchev–Trinajstić information content (AvgIpc) is 3.62. The lowest BCUT2D eigenvalue weighted by Crippen LogP contribution is -2.12. The zero-order valence-electron chi connectivity index (χ0n) is 31.2. The average molecular weight is 733 g/mol. The number of nitrogens with zero attached hydrogens (tertiary/aromatic N) is 6. The Hall–Kier alpha value is -7.70. The molecule has 0 aliphatic carbocycles. The van der Waals surface area contributed by atoms with E-state index in [0.29, 0.717) is 0 Å². The van der Waals surface area contributed by atoms with Gasteiger partial charge in [0.1, 0.15) is 0 Å². The number of pyridine rings is 4. The predicted molar refractivity (Wildman–Crippen MR) is 233 cm³/mol. The van der Waals surface area contributed by atoms with Gasteiger partial charge < -0.3 is 9.47 Å². The van der Waals surface area contributed by atoms with E-state index in [1.165, 1.54) is 0 Å². The Labute approximate surface area is 331 Å². The fourth-order valence-corrected chi connectivity index (χ4v) is 7.94. The van der Waals surface area contributed by atoms with Gasteiger partial charge in [-0.15, -0.1) is 0 Å². The van der Waals surface area contributed by atoms with Crippen LogP contribution in [0.2, 0.25) is 0 Å². The second-order valence-corrected chi connectivity index (χ2v) is 14.0. The first kappa shape index (κ1) is 33.8. The fraction of sp³-hybridized carbons (Fsp3) is 0.0196. The molecule has 0 bridgehead atoms. The zero-order valence-corrected chi connectivity index (χ0v) is 31.2. The van der Waals surface area contributed by atoms with Crippen LogP contribution in [0.4, 0.5) is 17.1 Å². The highest BCUT2D eigenvalue weighted by molar-refractivity contribution is 6.09. The summed E-state index contributed by atoms with van der Waals surface area (Å²) >= 11 is 0. The molecule has 0 aliphatic heterocycles. The summed E-state index contributed by atoms with van der Waals surface area (Å²) in [6.07, 6.45) is 7.41. The van der Waals surface area contributed by atoms with Gasteiger partial charge in [0, 0.05) is 58.4 Å². The van der Waals surface area contributed by atoms with Crippen molar-refractivity contribution < 1.29 is 0 Å². The van der Waals surface area contributed by atoms with Gasteiger partial charge in [0.05, 0.1) is 39.3 Å². The molecule has 0 amide bonds. The molecule has 57 heavy (non-hydrogen) atoms. The third-order valence-electron chi connectivity index (χ3n) is 10.6. The quantitative estimate of drug-likeness (QED) is 0.156.